The van der Waals surface area contributed by atoms with Crippen molar-refractivity contribution >= 4 is 5.69 Å². The van der Waals surface area contributed by atoms with E-state index in [4.69, 9.17) is 15.7 Å². The first-order valence-electron chi connectivity index (χ1n) is 4.97. The fourth-order valence-corrected chi connectivity index (χ4v) is 1.29. The maximum absolute atomic E-state index is 8.71. The lowest BCUT2D eigenvalue weighted by Gasteiger charge is -2.08. The molecular formula is C12H10N4O. The molecule has 0 aliphatic rings. The molecule has 2 aromatic rings. The zero-order chi connectivity index (χ0) is 12.3. The molecule has 0 bridgehead atoms. The highest BCUT2D eigenvalue weighted by molar-refractivity contribution is 5.58. The van der Waals surface area contributed by atoms with E-state index in [1.807, 2.05) is 25.1 Å². The molecule has 0 fully saturated rings. The minimum absolute atomic E-state index is 0.112. The Morgan fingerprint density at radius 2 is 2.18 bits per heavy atom. The number of hydrogen-bond acceptors (Lipinski definition) is 5. The molecule has 0 saturated heterocycles. The van der Waals surface area contributed by atoms with Gasteiger partial charge in [-0.05, 0) is 24.6 Å². The van der Waals surface area contributed by atoms with Crippen molar-refractivity contribution in [3.05, 3.63) is 41.7 Å². The number of para-hydroxylation sites is 1. The molecule has 0 unspecified atom stereocenters. The van der Waals surface area contributed by atoms with Gasteiger partial charge in [0, 0.05) is 6.20 Å². The Labute approximate surface area is 98.5 Å². The molecule has 5 nitrogen and oxygen atoms in total. The molecule has 1 heterocycles. The third-order valence-corrected chi connectivity index (χ3v) is 2.23. The second kappa shape index (κ2) is 4.49. The number of nitriles is 1. The maximum Gasteiger partial charge on any atom is 0.323 e. The second-order valence-electron chi connectivity index (χ2n) is 3.43. The highest BCUT2D eigenvalue weighted by atomic mass is 16.5. The minimum Gasteiger partial charge on any atom is -0.422 e. The van der Waals surface area contributed by atoms with Gasteiger partial charge in [0.25, 0.3) is 0 Å². The lowest BCUT2D eigenvalue weighted by Crippen LogP contribution is -1.98. The molecule has 0 aliphatic carbocycles. The SMILES string of the molecule is Cc1cccc(Oc2nccc(C#N)n2)c1N. The van der Waals surface area contributed by atoms with Gasteiger partial charge in [-0.3, -0.25) is 0 Å². The van der Waals surface area contributed by atoms with Gasteiger partial charge in [0.15, 0.2) is 5.75 Å². The van der Waals surface area contributed by atoms with Crippen LogP contribution in [-0.4, -0.2) is 9.97 Å². The smallest absolute Gasteiger partial charge is 0.323 e. The monoisotopic (exact) mass is 226 g/mol. The Morgan fingerprint density at radius 1 is 1.35 bits per heavy atom. The fraction of sp³-hybridized carbons (Fsp3) is 0.0833. The number of aryl methyl sites for hydroxylation is 1. The van der Waals surface area contributed by atoms with Gasteiger partial charge in [-0.1, -0.05) is 12.1 Å². The predicted octanol–water partition coefficient (Wildman–Crippen LogP) is 2.03. The molecule has 17 heavy (non-hydrogen) atoms. The number of hydrogen-bond donors (Lipinski definition) is 1. The van der Waals surface area contributed by atoms with E-state index < -0.39 is 0 Å². The molecule has 0 atom stereocenters. The van der Waals surface area contributed by atoms with Gasteiger partial charge in [0.05, 0.1) is 5.69 Å². The lowest BCUT2D eigenvalue weighted by atomic mass is 10.2. The van der Waals surface area contributed by atoms with Crippen molar-refractivity contribution in [2.75, 3.05) is 5.73 Å². The van der Waals surface area contributed by atoms with Gasteiger partial charge in [0.1, 0.15) is 11.8 Å². The average Bonchev–Trinajstić information content (AvgIpc) is 2.35. The van der Waals surface area contributed by atoms with Gasteiger partial charge in [-0.25, -0.2) is 4.98 Å². The summed E-state index contributed by atoms with van der Waals surface area (Å²) < 4.78 is 5.43. The minimum atomic E-state index is 0.112. The van der Waals surface area contributed by atoms with Crippen molar-refractivity contribution in [2.24, 2.45) is 0 Å². The molecule has 0 saturated carbocycles. The summed E-state index contributed by atoms with van der Waals surface area (Å²) in [4.78, 5) is 7.82. The molecule has 1 aromatic heterocycles. The van der Waals surface area contributed by atoms with E-state index in [1.54, 1.807) is 6.07 Å². The molecule has 1 aromatic carbocycles. The summed E-state index contributed by atoms with van der Waals surface area (Å²) in [6, 6.07) is 8.97. The topological polar surface area (TPSA) is 84.8 Å². The molecule has 84 valence electrons. The van der Waals surface area contributed by atoms with E-state index in [9.17, 15) is 0 Å². The fourth-order valence-electron chi connectivity index (χ4n) is 1.29. The maximum atomic E-state index is 8.71. The van der Waals surface area contributed by atoms with Crippen molar-refractivity contribution < 1.29 is 4.74 Å². The Morgan fingerprint density at radius 3 is 2.94 bits per heavy atom. The number of nitrogens with two attached hydrogens (primary N) is 1. The number of nitrogen functional groups attached to an aromatic ring is 1. The number of nitrogens with zero attached hydrogens (tertiary/aromatic N) is 3. The van der Waals surface area contributed by atoms with E-state index >= 15 is 0 Å². The summed E-state index contributed by atoms with van der Waals surface area (Å²) in [7, 11) is 0. The number of anilines is 1. The van der Waals surface area contributed by atoms with Crippen LogP contribution in [0.5, 0.6) is 11.8 Å². The van der Waals surface area contributed by atoms with E-state index in [0.717, 1.165) is 5.56 Å². The van der Waals surface area contributed by atoms with E-state index in [2.05, 4.69) is 9.97 Å². The Balaban J connectivity index is 2.32. The van der Waals surface area contributed by atoms with Gasteiger partial charge in [-0.2, -0.15) is 10.2 Å². The molecule has 2 N–H and O–H groups in total. The van der Waals surface area contributed by atoms with Crippen LogP contribution in [0.25, 0.3) is 0 Å². The average molecular weight is 226 g/mol. The molecule has 0 radical (unpaired) electrons. The largest absolute Gasteiger partial charge is 0.422 e. The second-order valence-corrected chi connectivity index (χ2v) is 3.43. The van der Waals surface area contributed by atoms with Crippen LogP contribution in [0.3, 0.4) is 0 Å². The molecule has 5 heteroatoms. The van der Waals surface area contributed by atoms with Crippen molar-refractivity contribution in [1.82, 2.24) is 9.97 Å². The normalized spacial score (nSPS) is 9.65. The number of rotatable bonds is 2. The summed E-state index contributed by atoms with van der Waals surface area (Å²) in [6.45, 7) is 1.88. The molecule has 0 aliphatic heterocycles. The van der Waals surface area contributed by atoms with Crippen molar-refractivity contribution in [3.8, 4) is 17.8 Å². The number of benzene rings is 1. The lowest BCUT2D eigenvalue weighted by molar-refractivity contribution is 0.443. The number of aromatic nitrogens is 2. The van der Waals surface area contributed by atoms with Crippen LogP contribution >= 0.6 is 0 Å². The zero-order valence-electron chi connectivity index (χ0n) is 9.21. The molecule has 2 rings (SSSR count). The van der Waals surface area contributed by atoms with Crippen LogP contribution in [0.15, 0.2) is 30.5 Å². The zero-order valence-corrected chi connectivity index (χ0v) is 9.21. The first kappa shape index (κ1) is 10.9. The predicted molar refractivity (Wildman–Crippen MR) is 62.4 cm³/mol. The number of ether oxygens (including phenoxy) is 1. The van der Waals surface area contributed by atoms with E-state index in [1.165, 1.54) is 12.3 Å². The summed E-state index contributed by atoms with van der Waals surface area (Å²) in [5, 5.41) is 8.71. The Hall–Kier alpha value is -2.61. The first-order chi connectivity index (χ1) is 8.20. The standard InChI is InChI=1S/C12H10N4O/c1-8-3-2-4-10(11(8)14)17-12-15-6-5-9(7-13)16-12/h2-6H,14H2,1H3. The first-order valence-corrected chi connectivity index (χ1v) is 4.97. The Bertz CT molecular complexity index is 589. The van der Waals surface area contributed by atoms with E-state index in [-0.39, 0.29) is 11.7 Å². The summed E-state index contributed by atoms with van der Waals surface area (Å²) in [6.07, 6.45) is 1.47. The third kappa shape index (κ3) is 2.32. The molecule has 0 spiro atoms. The van der Waals surface area contributed by atoms with Crippen LogP contribution < -0.4 is 10.5 Å². The molecular weight excluding hydrogens is 216 g/mol. The van der Waals surface area contributed by atoms with Crippen molar-refractivity contribution in [1.29, 1.82) is 5.26 Å². The van der Waals surface area contributed by atoms with Crippen LogP contribution in [0.2, 0.25) is 0 Å². The van der Waals surface area contributed by atoms with Gasteiger partial charge in [-0.15, -0.1) is 0 Å². The third-order valence-electron chi connectivity index (χ3n) is 2.23. The highest BCUT2D eigenvalue weighted by Gasteiger charge is 2.06. The van der Waals surface area contributed by atoms with Crippen molar-refractivity contribution in [2.45, 2.75) is 6.92 Å². The van der Waals surface area contributed by atoms with Gasteiger partial charge >= 0.3 is 6.01 Å². The van der Waals surface area contributed by atoms with E-state index in [0.29, 0.717) is 11.4 Å². The van der Waals surface area contributed by atoms with Crippen molar-refractivity contribution in [3.63, 3.8) is 0 Å². The van der Waals surface area contributed by atoms with Crippen LogP contribution in [-0.2, 0) is 0 Å². The van der Waals surface area contributed by atoms with Crippen LogP contribution in [0, 0.1) is 18.3 Å². The van der Waals surface area contributed by atoms with Gasteiger partial charge < -0.3 is 10.5 Å². The summed E-state index contributed by atoms with van der Waals surface area (Å²) in [5.41, 5.74) is 7.56. The summed E-state index contributed by atoms with van der Waals surface area (Å²) in [5.74, 6) is 0.486. The Kier molecular flexibility index (Phi) is 2.88. The molecule has 0 amide bonds. The highest BCUT2D eigenvalue weighted by Crippen LogP contribution is 2.27. The van der Waals surface area contributed by atoms with Crippen LogP contribution in [0.1, 0.15) is 11.3 Å². The van der Waals surface area contributed by atoms with Crippen LogP contribution in [0.4, 0.5) is 5.69 Å². The quantitative estimate of drug-likeness (QED) is 0.792. The summed E-state index contributed by atoms with van der Waals surface area (Å²) >= 11 is 0. The van der Waals surface area contributed by atoms with Gasteiger partial charge in [0.2, 0.25) is 0 Å².